The van der Waals surface area contributed by atoms with Crippen LogP contribution in [0, 0.1) is 0 Å². The van der Waals surface area contributed by atoms with Gasteiger partial charge in [0.25, 0.3) is 17.7 Å². The monoisotopic (exact) mass is 529 g/mol. The van der Waals surface area contributed by atoms with Crippen LogP contribution in [0.5, 0.6) is 11.5 Å². The molecule has 178 valence electrons. The number of halogens is 1. The Balaban J connectivity index is 1.55. The summed E-state index contributed by atoms with van der Waals surface area (Å²) in [6.45, 7) is 4.15. The Labute approximate surface area is 205 Å². The van der Waals surface area contributed by atoms with E-state index in [1.165, 1.54) is 11.1 Å². The molecule has 0 unspecified atom stereocenters. The molecule has 2 heterocycles. The topological polar surface area (TPSA) is 97.4 Å². The summed E-state index contributed by atoms with van der Waals surface area (Å²) in [6, 6.07) is 12.2. The van der Waals surface area contributed by atoms with Gasteiger partial charge in [0.05, 0.1) is 25.5 Å². The third-order valence-electron chi connectivity index (χ3n) is 5.28. The van der Waals surface area contributed by atoms with Gasteiger partial charge in [0, 0.05) is 17.6 Å². The van der Waals surface area contributed by atoms with Crippen molar-refractivity contribution in [2.24, 2.45) is 0 Å². The summed E-state index contributed by atoms with van der Waals surface area (Å²) in [7, 11) is 0. The van der Waals surface area contributed by atoms with Crippen molar-refractivity contribution in [2.75, 3.05) is 44.5 Å². The summed E-state index contributed by atoms with van der Waals surface area (Å²) in [5.74, 6) is -0.321. The van der Waals surface area contributed by atoms with Crippen LogP contribution in [-0.2, 0) is 19.1 Å². The summed E-state index contributed by atoms with van der Waals surface area (Å²) in [5.41, 5.74) is 3.69. The van der Waals surface area contributed by atoms with Crippen LogP contribution < -0.4 is 19.9 Å². The van der Waals surface area contributed by atoms with E-state index < -0.39 is 11.8 Å². The van der Waals surface area contributed by atoms with Gasteiger partial charge in [-0.15, -0.1) is 0 Å². The number of carbonyl (C=O) groups is 3. The number of carbonyl (C=O) groups excluding carboxylic acids is 3. The second kappa shape index (κ2) is 10.7. The number of nitrogens with zero attached hydrogens (tertiary/aromatic N) is 2. The third-order valence-corrected chi connectivity index (χ3v) is 5.97. The van der Waals surface area contributed by atoms with E-state index in [1.54, 1.807) is 41.3 Å². The SMILES string of the molecule is CCOc1cc(/C=C2/C(=O)NN(c3ccccc3)C2=O)c(Br)cc1OCC(=O)N1CCOCC1. The minimum Gasteiger partial charge on any atom is -0.490 e. The van der Waals surface area contributed by atoms with Gasteiger partial charge in [-0.1, -0.05) is 34.1 Å². The van der Waals surface area contributed by atoms with Crippen LogP contribution in [0.1, 0.15) is 12.5 Å². The highest BCUT2D eigenvalue weighted by Gasteiger charge is 2.34. The average Bonchev–Trinajstić information content (AvgIpc) is 3.14. The first kappa shape index (κ1) is 23.8. The average molecular weight is 530 g/mol. The number of hydrogen-bond acceptors (Lipinski definition) is 6. The number of hydrogen-bond donors (Lipinski definition) is 1. The number of hydrazine groups is 1. The molecule has 9 nitrogen and oxygen atoms in total. The predicted octanol–water partition coefficient (Wildman–Crippen LogP) is 2.55. The summed E-state index contributed by atoms with van der Waals surface area (Å²) in [6.07, 6.45) is 1.50. The quantitative estimate of drug-likeness (QED) is 0.437. The zero-order valence-corrected chi connectivity index (χ0v) is 20.2. The highest BCUT2D eigenvalue weighted by molar-refractivity contribution is 9.10. The highest BCUT2D eigenvalue weighted by Crippen LogP contribution is 2.35. The molecule has 2 aromatic rings. The lowest BCUT2D eigenvalue weighted by Crippen LogP contribution is -2.43. The standard InChI is InChI=1S/C24H24BrN3O6/c1-2-33-20-13-16(12-18-23(30)26-28(24(18)31)17-6-4-3-5-7-17)19(25)14-21(20)34-15-22(29)27-8-10-32-11-9-27/h3-7,12-14H,2,8-11,15H2,1H3,(H,26,30)/b18-12-. The van der Waals surface area contributed by atoms with Gasteiger partial charge in [-0.3, -0.25) is 19.8 Å². The lowest BCUT2D eigenvalue weighted by molar-refractivity contribution is -0.137. The maximum absolute atomic E-state index is 12.9. The molecule has 0 aliphatic carbocycles. The van der Waals surface area contributed by atoms with Gasteiger partial charge in [0.15, 0.2) is 18.1 Å². The Morgan fingerprint density at radius 3 is 2.53 bits per heavy atom. The number of ether oxygens (including phenoxy) is 3. The molecule has 10 heteroatoms. The molecular weight excluding hydrogens is 506 g/mol. The zero-order valence-electron chi connectivity index (χ0n) is 18.6. The predicted molar refractivity (Wildman–Crippen MR) is 128 cm³/mol. The molecule has 0 radical (unpaired) electrons. The lowest BCUT2D eigenvalue weighted by Gasteiger charge is -2.26. The molecular formula is C24H24BrN3O6. The van der Waals surface area contributed by atoms with Crippen molar-refractivity contribution in [3.8, 4) is 11.5 Å². The number of anilines is 1. The fourth-order valence-corrected chi connectivity index (χ4v) is 3.99. The Bertz CT molecular complexity index is 1120. The van der Waals surface area contributed by atoms with Gasteiger partial charge in [-0.05, 0) is 42.8 Å². The summed E-state index contributed by atoms with van der Waals surface area (Å²) in [4.78, 5) is 39.5. The maximum atomic E-state index is 12.9. The molecule has 0 bridgehead atoms. The van der Waals surface area contributed by atoms with Gasteiger partial charge < -0.3 is 19.1 Å². The second-order valence-corrected chi connectivity index (χ2v) is 8.36. The number of morpholine rings is 1. The minimum atomic E-state index is -0.504. The molecule has 3 amide bonds. The van der Waals surface area contributed by atoms with Gasteiger partial charge >= 0.3 is 0 Å². The first-order valence-electron chi connectivity index (χ1n) is 10.8. The van der Waals surface area contributed by atoms with Gasteiger partial charge in [0.1, 0.15) is 5.57 Å². The normalized spacial score (nSPS) is 17.2. The van der Waals surface area contributed by atoms with E-state index in [9.17, 15) is 14.4 Å². The molecule has 2 aromatic carbocycles. The van der Waals surface area contributed by atoms with Crippen LogP contribution in [0.25, 0.3) is 6.08 Å². The van der Waals surface area contributed by atoms with Crippen LogP contribution >= 0.6 is 15.9 Å². The van der Waals surface area contributed by atoms with Crippen LogP contribution in [0.2, 0.25) is 0 Å². The number of amides is 3. The first-order chi connectivity index (χ1) is 16.5. The molecule has 4 rings (SSSR count). The highest BCUT2D eigenvalue weighted by atomic mass is 79.9. The Hall–Kier alpha value is -3.37. The van der Waals surface area contributed by atoms with E-state index in [0.29, 0.717) is 60.1 Å². The fourth-order valence-electron chi connectivity index (χ4n) is 3.56. The number of benzene rings is 2. The van der Waals surface area contributed by atoms with E-state index in [4.69, 9.17) is 14.2 Å². The second-order valence-electron chi connectivity index (χ2n) is 7.51. The smallest absolute Gasteiger partial charge is 0.282 e. The molecule has 1 N–H and O–H groups in total. The van der Waals surface area contributed by atoms with Gasteiger partial charge in [-0.25, -0.2) is 5.01 Å². The largest absolute Gasteiger partial charge is 0.490 e. The molecule has 2 aliphatic heterocycles. The lowest BCUT2D eigenvalue weighted by atomic mass is 10.1. The Morgan fingerprint density at radius 2 is 1.82 bits per heavy atom. The molecule has 0 aromatic heterocycles. The third kappa shape index (κ3) is 5.23. The minimum absolute atomic E-state index is 0.0110. The van der Waals surface area contributed by atoms with E-state index in [0.717, 1.165) is 0 Å². The van der Waals surface area contributed by atoms with Crippen molar-refractivity contribution in [3.05, 3.63) is 58.1 Å². The summed E-state index contributed by atoms with van der Waals surface area (Å²) in [5, 5.41) is 1.21. The van der Waals surface area contributed by atoms with E-state index in [1.807, 2.05) is 13.0 Å². The first-order valence-corrected chi connectivity index (χ1v) is 11.6. The van der Waals surface area contributed by atoms with E-state index in [2.05, 4.69) is 21.4 Å². The summed E-state index contributed by atoms with van der Waals surface area (Å²) < 4.78 is 17.3. The van der Waals surface area contributed by atoms with E-state index in [-0.39, 0.29) is 18.1 Å². The van der Waals surface area contributed by atoms with Crippen molar-refractivity contribution in [3.63, 3.8) is 0 Å². The number of rotatable bonds is 7. The molecule has 2 aliphatic rings. The fraction of sp³-hybridized carbons (Fsp3) is 0.292. The van der Waals surface area contributed by atoms with Crippen molar-refractivity contribution < 1.29 is 28.6 Å². The molecule has 0 saturated carbocycles. The number of nitrogens with one attached hydrogen (secondary N) is 1. The van der Waals surface area contributed by atoms with Crippen LogP contribution in [0.15, 0.2) is 52.5 Å². The summed E-state index contributed by atoms with van der Waals surface area (Å²) >= 11 is 3.47. The molecule has 34 heavy (non-hydrogen) atoms. The maximum Gasteiger partial charge on any atom is 0.282 e. The van der Waals surface area contributed by atoms with Gasteiger partial charge in [0.2, 0.25) is 0 Å². The zero-order chi connectivity index (χ0) is 24.1. The van der Waals surface area contributed by atoms with Crippen molar-refractivity contribution in [1.29, 1.82) is 0 Å². The van der Waals surface area contributed by atoms with Crippen molar-refractivity contribution >= 4 is 45.4 Å². The van der Waals surface area contributed by atoms with Crippen LogP contribution in [0.3, 0.4) is 0 Å². The van der Waals surface area contributed by atoms with Gasteiger partial charge in [-0.2, -0.15) is 0 Å². The van der Waals surface area contributed by atoms with Crippen LogP contribution in [-0.4, -0.2) is 62.1 Å². The Morgan fingerprint density at radius 1 is 1.12 bits per heavy atom. The number of para-hydroxylation sites is 1. The molecule has 2 fully saturated rings. The van der Waals surface area contributed by atoms with Crippen molar-refractivity contribution in [2.45, 2.75) is 6.92 Å². The molecule has 0 spiro atoms. The molecule has 0 atom stereocenters. The van der Waals surface area contributed by atoms with Crippen LogP contribution in [0.4, 0.5) is 5.69 Å². The Kier molecular flexibility index (Phi) is 7.49. The molecule has 2 saturated heterocycles. The van der Waals surface area contributed by atoms with E-state index >= 15 is 0 Å². The van der Waals surface area contributed by atoms with Crippen molar-refractivity contribution in [1.82, 2.24) is 10.3 Å².